The Kier molecular flexibility index (Phi) is 13.4. The normalized spacial score (nSPS) is 27.0. The van der Waals surface area contributed by atoms with Crippen LogP contribution in [0.25, 0.3) is 0 Å². The zero-order valence-electron chi connectivity index (χ0n) is 26.3. The van der Waals surface area contributed by atoms with Gasteiger partial charge >= 0.3 is 5.97 Å². The first-order chi connectivity index (χ1) is 20.8. The van der Waals surface area contributed by atoms with Gasteiger partial charge in [-0.05, 0) is 93.2 Å². The molecule has 4 nitrogen and oxygen atoms in total. The molecule has 0 spiro atoms. The molecule has 3 aliphatic rings. The first-order valence-corrected chi connectivity index (χ1v) is 16.8. The Balaban J connectivity index is 1.25. The molecule has 1 aromatic carbocycles. The Morgan fingerprint density at radius 1 is 0.568 bits per heavy atom. The molecule has 4 N–H and O–H groups in total. The third kappa shape index (κ3) is 9.20. The first-order valence-electron chi connectivity index (χ1n) is 16.8. The second kappa shape index (κ2) is 16.4. The van der Waals surface area contributed by atoms with Gasteiger partial charge in [0.15, 0.2) is 0 Å². The number of carbonyl (C=O) groups excluding carboxylic acids is 1. The Hall–Kier alpha value is -0.736. The number of carbonyl (C=O) groups is 1. The van der Waals surface area contributed by atoms with Crippen LogP contribution in [0, 0.1) is 23.7 Å². The van der Waals surface area contributed by atoms with Crippen molar-refractivity contribution in [3.63, 3.8) is 0 Å². The zero-order chi connectivity index (χ0) is 32.1. The predicted octanol–water partition coefficient (Wildman–Crippen LogP) is 0.189. The van der Waals surface area contributed by atoms with Crippen molar-refractivity contribution in [2.45, 2.75) is 89.0 Å². The molecule has 3 fully saturated rings. The van der Waals surface area contributed by atoms with Crippen molar-refractivity contribution in [3.05, 3.63) is 23.8 Å². The van der Waals surface area contributed by atoms with E-state index in [4.69, 9.17) is 78.1 Å². The van der Waals surface area contributed by atoms with E-state index in [0.29, 0.717) is 28.8 Å². The van der Waals surface area contributed by atoms with E-state index in [9.17, 15) is 4.79 Å². The molecule has 1 aromatic rings. The van der Waals surface area contributed by atoms with Crippen LogP contribution in [0.15, 0.2) is 18.2 Å². The van der Waals surface area contributed by atoms with Gasteiger partial charge in [0.05, 0.1) is 5.56 Å². The summed E-state index contributed by atoms with van der Waals surface area (Å²) in [6, 6.07) is 4.88. The third-order valence-electron chi connectivity index (χ3n) is 11.4. The standard InChI is InChI=1S/C25H37B15N2O2/c26-35(27)39(36(28)29)34(40(37(30)31)38(32)33)21-9-5-18(6-10-21)16-1-3-17(4-2-16)19-7-11-24(12-8-19)44-25(43)20-13-22(41)15-23(42)14-20/h13-19,21,24H,1-12,41-42H2. The maximum atomic E-state index is 12.7. The van der Waals surface area contributed by atoms with Crippen molar-refractivity contribution in [2.75, 3.05) is 11.5 Å². The predicted molar refractivity (Wildman–Crippen MR) is 204 cm³/mol. The van der Waals surface area contributed by atoms with Gasteiger partial charge in [-0.1, -0.05) is 31.5 Å². The highest BCUT2D eigenvalue weighted by atomic mass is 16.5. The van der Waals surface area contributed by atoms with E-state index in [1.807, 2.05) is 0 Å². The van der Waals surface area contributed by atoms with Crippen molar-refractivity contribution < 1.29 is 9.53 Å². The van der Waals surface area contributed by atoms with Crippen LogP contribution in [-0.2, 0) is 4.74 Å². The lowest BCUT2D eigenvalue weighted by molar-refractivity contribution is 0.0101. The van der Waals surface area contributed by atoms with Crippen molar-refractivity contribution in [2.24, 2.45) is 23.7 Å². The molecule has 0 unspecified atom stereocenters. The monoisotopic (exact) mass is 562 g/mol. The highest BCUT2D eigenvalue weighted by molar-refractivity contribution is 8.08. The summed E-state index contributed by atoms with van der Waals surface area (Å²) >= 11 is 0. The molecule has 16 radical (unpaired) electrons. The van der Waals surface area contributed by atoms with Gasteiger partial charge in [0.25, 0.3) is 0 Å². The van der Waals surface area contributed by atoms with Crippen molar-refractivity contribution in [1.29, 1.82) is 0 Å². The Bertz CT molecular complexity index is 1010. The van der Waals surface area contributed by atoms with E-state index in [1.165, 1.54) is 25.7 Å². The van der Waals surface area contributed by atoms with Crippen LogP contribution in [0.3, 0.4) is 0 Å². The summed E-state index contributed by atoms with van der Waals surface area (Å²) in [5, 5.41) is 0. The fraction of sp³-hybridized carbons (Fsp3) is 0.720. The molecule has 3 saturated carbocycles. The number of ether oxygens (including phenoxy) is 1. The van der Waals surface area contributed by atoms with E-state index in [0.717, 1.165) is 63.2 Å². The Morgan fingerprint density at radius 2 is 0.909 bits per heavy atom. The third-order valence-corrected chi connectivity index (χ3v) is 11.4. The first kappa shape index (κ1) is 36.1. The van der Waals surface area contributed by atoms with Gasteiger partial charge in [0, 0.05) is 118 Å². The van der Waals surface area contributed by atoms with Crippen LogP contribution in [0.2, 0.25) is 5.82 Å². The summed E-state index contributed by atoms with van der Waals surface area (Å²) in [4.78, 5) is 12.7. The SMILES string of the molecule is [B]B([B])B(B([B])[B])B(B(B([B])[B])B([B])[B])C1CCC(C2CCC(C3CCC(OC(=O)c4cc(N)cc(N)c4)CC3)CC2)CC1. The maximum absolute atomic E-state index is 12.7. The highest BCUT2D eigenvalue weighted by Crippen LogP contribution is 2.47. The number of hydrogen-bond donors (Lipinski definition) is 2. The van der Waals surface area contributed by atoms with Crippen LogP contribution in [0.1, 0.15) is 87.4 Å². The Labute approximate surface area is 280 Å². The molecule has 204 valence electrons. The van der Waals surface area contributed by atoms with E-state index in [2.05, 4.69) is 0 Å². The minimum Gasteiger partial charge on any atom is -0.459 e. The molecular formula is C25H37B15N2O2. The second-order valence-corrected chi connectivity index (χ2v) is 14.2. The summed E-state index contributed by atoms with van der Waals surface area (Å²) in [6.07, 6.45) is 9.86. The second-order valence-electron chi connectivity index (χ2n) is 14.2. The van der Waals surface area contributed by atoms with Gasteiger partial charge in [-0.25, -0.2) is 4.79 Å². The van der Waals surface area contributed by atoms with Gasteiger partial charge in [-0.15, -0.1) is 0 Å². The number of anilines is 2. The Morgan fingerprint density at radius 3 is 1.27 bits per heavy atom. The van der Waals surface area contributed by atoms with Gasteiger partial charge in [0.2, 0.25) is 0 Å². The minimum absolute atomic E-state index is 0.0405. The molecule has 0 aromatic heterocycles. The summed E-state index contributed by atoms with van der Waals surface area (Å²) in [7, 11) is 49.5. The minimum atomic E-state index is -0.710. The quantitative estimate of drug-likeness (QED) is 0.231. The van der Waals surface area contributed by atoms with Gasteiger partial charge < -0.3 is 16.2 Å². The molecule has 0 amide bonds. The number of benzene rings is 1. The van der Waals surface area contributed by atoms with Gasteiger partial charge in [0.1, 0.15) is 6.10 Å². The molecule has 0 saturated heterocycles. The number of nitrogens with two attached hydrogens (primary N) is 2. The molecule has 0 aliphatic heterocycles. The molecule has 44 heavy (non-hydrogen) atoms. The molecule has 4 rings (SSSR count). The lowest BCUT2D eigenvalue weighted by Gasteiger charge is -2.46. The fourth-order valence-electron chi connectivity index (χ4n) is 9.21. The molecule has 0 heterocycles. The molecule has 0 atom stereocenters. The molecule has 19 heteroatoms. The van der Waals surface area contributed by atoms with Gasteiger partial charge in [-0.3, -0.25) is 0 Å². The number of nitrogen functional groups attached to an aromatic ring is 2. The van der Waals surface area contributed by atoms with Crippen molar-refractivity contribution in [1.82, 2.24) is 0 Å². The zero-order valence-corrected chi connectivity index (χ0v) is 26.3. The fourth-order valence-corrected chi connectivity index (χ4v) is 9.21. The van der Waals surface area contributed by atoms with Crippen LogP contribution >= 0.6 is 0 Å². The van der Waals surface area contributed by atoms with E-state index >= 15 is 0 Å². The van der Waals surface area contributed by atoms with Crippen molar-refractivity contribution in [3.8, 4) is 0 Å². The van der Waals surface area contributed by atoms with Crippen LogP contribution in [-0.4, -0.2) is 119 Å². The van der Waals surface area contributed by atoms with Crippen LogP contribution in [0.4, 0.5) is 11.4 Å². The van der Waals surface area contributed by atoms with Gasteiger partial charge in [-0.2, -0.15) is 0 Å². The summed E-state index contributed by atoms with van der Waals surface area (Å²) in [5.74, 6) is 2.86. The average Bonchev–Trinajstić information content (AvgIpc) is 2.96. The lowest BCUT2D eigenvalue weighted by Crippen LogP contribution is -2.75. The largest absolute Gasteiger partial charge is 0.459 e. The van der Waals surface area contributed by atoms with Crippen LogP contribution in [0.5, 0.6) is 0 Å². The number of rotatable bonds is 11. The smallest absolute Gasteiger partial charge is 0.338 e. The van der Waals surface area contributed by atoms with Crippen LogP contribution < -0.4 is 11.5 Å². The lowest BCUT2D eigenvalue weighted by atomic mass is 8.47. The summed E-state index contributed by atoms with van der Waals surface area (Å²) < 4.78 is 5.82. The summed E-state index contributed by atoms with van der Waals surface area (Å²) in [6.45, 7) is -0.134. The van der Waals surface area contributed by atoms with E-state index in [-0.39, 0.29) is 37.2 Å². The summed E-state index contributed by atoms with van der Waals surface area (Å²) in [5.41, 5.74) is 13.0. The van der Waals surface area contributed by atoms with E-state index in [1.54, 1.807) is 18.2 Å². The average molecular weight is 560 g/mol. The van der Waals surface area contributed by atoms with E-state index < -0.39 is 25.5 Å². The molecule has 0 bridgehead atoms. The topological polar surface area (TPSA) is 78.3 Å². The molecule has 3 aliphatic carbocycles. The maximum Gasteiger partial charge on any atom is 0.338 e. The number of esters is 1. The van der Waals surface area contributed by atoms with Crippen molar-refractivity contribution >= 4 is 124 Å². The molecular weight excluding hydrogens is 522 g/mol. The highest BCUT2D eigenvalue weighted by Gasteiger charge is 2.46. The number of hydrogen-bond acceptors (Lipinski definition) is 4.